The molecule has 0 amide bonds. The van der Waals surface area contributed by atoms with Crippen LogP contribution in [0.3, 0.4) is 0 Å². The van der Waals surface area contributed by atoms with Crippen LogP contribution in [0.4, 0.5) is 4.39 Å². The molecule has 0 aliphatic heterocycles. The quantitative estimate of drug-likeness (QED) is 0.622. The molecule has 2 nitrogen and oxygen atoms in total. The second kappa shape index (κ2) is 7.35. The van der Waals surface area contributed by atoms with Gasteiger partial charge in [0.15, 0.2) is 0 Å². The lowest BCUT2D eigenvalue weighted by atomic mass is 10.2. The normalized spacial score (nSPS) is 8.54. The van der Waals surface area contributed by atoms with Crippen LogP contribution in [0.1, 0.15) is 5.56 Å². The predicted molar refractivity (Wildman–Crippen MR) is 56.9 cm³/mol. The molecule has 0 atom stereocenters. The van der Waals surface area contributed by atoms with Crippen LogP contribution in [-0.4, -0.2) is 0 Å². The first-order valence-electron chi connectivity index (χ1n) is 3.11. The third kappa shape index (κ3) is 4.64. The van der Waals surface area contributed by atoms with E-state index in [0.29, 0.717) is 17.1 Å². The van der Waals surface area contributed by atoms with Gasteiger partial charge in [-0.2, -0.15) is 0 Å². The molecule has 76 valence electrons. The van der Waals surface area contributed by atoms with E-state index in [1.165, 1.54) is 18.2 Å². The van der Waals surface area contributed by atoms with Gasteiger partial charge in [0, 0.05) is 11.6 Å². The molecule has 0 aromatic heterocycles. The van der Waals surface area contributed by atoms with Crippen molar-refractivity contribution in [2.45, 2.75) is 6.54 Å². The van der Waals surface area contributed by atoms with Crippen LogP contribution >= 0.6 is 36.4 Å². The van der Waals surface area contributed by atoms with E-state index in [-0.39, 0.29) is 30.6 Å². The molecule has 1 aromatic carbocycles. The van der Waals surface area contributed by atoms with Gasteiger partial charge in [-0.25, -0.2) is 4.39 Å². The predicted octanol–water partition coefficient (Wildman–Crippen LogP) is 2.29. The standard InChI is InChI=1S/C7H8ClFN2.2ClH/c8-7-2-1-6(9)3-5(7)4-11-10;;/h1-3,11H,4,10H2;2*1H. The number of hydrogen-bond donors (Lipinski definition) is 2. The fourth-order valence-electron chi connectivity index (χ4n) is 0.789. The van der Waals surface area contributed by atoms with Crippen LogP contribution in [0.15, 0.2) is 18.2 Å². The molecule has 13 heavy (non-hydrogen) atoms. The Hall–Kier alpha value is -0.0600. The zero-order chi connectivity index (χ0) is 8.27. The van der Waals surface area contributed by atoms with E-state index in [4.69, 9.17) is 17.4 Å². The smallest absolute Gasteiger partial charge is 0.123 e. The summed E-state index contributed by atoms with van der Waals surface area (Å²) in [5.41, 5.74) is 3.06. The average molecular weight is 248 g/mol. The van der Waals surface area contributed by atoms with Crippen LogP contribution in [0.5, 0.6) is 0 Å². The lowest BCUT2D eigenvalue weighted by molar-refractivity contribution is 0.622. The maximum absolute atomic E-state index is 12.5. The number of rotatable bonds is 2. The molecule has 0 radical (unpaired) electrons. The lowest BCUT2D eigenvalue weighted by Gasteiger charge is -2.01. The van der Waals surface area contributed by atoms with Gasteiger partial charge in [0.25, 0.3) is 0 Å². The van der Waals surface area contributed by atoms with Gasteiger partial charge >= 0.3 is 0 Å². The molecule has 0 bridgehead atoms. The topological polar surface area (TPSA) is 38.0 Å². The van der Waals surface area contributed by atoms with Gasteiger partial charge in [0.2, 0.25) is 0 Å². The molecule has 0 aliphatic rings. The van der Waals surface area contributed by atoms with Crippen molar-refractivity contribution in [1.29, 1.82) is 0 Å². The Morgan fingerprint density at radius 1 is 1.38 bits per heavy atom. The molecule has 0 heterocycles. The second-order valence-corrected chi connectivity index (χ2v) is 2.52. The Bertz CT molecular complexity index is 257. The fourth-order valence-corrected chi connectivity index (χ4v) is 0.973. The van der Waals surface area contributed by atoms with Crippen molar-refractivity contribution in [1.82, 2.24) is 5.43 Å². The highest BCUT2D eigenvalue weighted by atomic mass is 35.5. The van der Waals surface area contributed by atoms with Gasteiger partial charge in [-0.15, -0.1) is 24.8 Å². The Morgan fingerprint density at radius 3 is 2.54 bits per heavy atom. The monoisotopic (exact) mass is 246 g/mol. The van der Waals surface area contributed by atoms with Gasteiger partial charge < -0.3 is 0 Å². The molecule has 6 heteroatoms. The number of halogens is 4. The highest BCUT2D eigenvalue weighted by molar-refractivity contribution is 6.31. The van der Waals surface area contributed by atoms with Gasteiger partial charge in [-0.05, 0) is 23.8 Å². The molecule has 0 fully saturated rings. The Balaban J connectivity index is 0. The van der Waals surface area contributed by atoms with E-state index in [9.17, 15) is 4.39 Å². The van der Waals surface area contributed by atoms with Crippen LogP contribution in [-0.2, 0) is 6.54 Å². The van der Waals surface area contributed by atoms with Crippen LogP contribution < -0.4 is 11.3 Å². The lowest BCUT2D eigenvalue weighted by Crippen LogP contribution is -2.21. The van der Waals surface area contributed by atoms with E-state index >= 15 is 0 Å². The van der Waals surface area contributed by atoms with Gasteiger partial charge in [-0.3, -0.25) is 11.3 Å². The summed E-state index contributed by atoms with van der Waals surface area (Å²) in [6, 6.07) is 4.16. The molecular weight excluding hydrogens is 237 g/mol. The number of nitrogens with two attached hydrogens (primary N) is 1. The first-order chi connectivity index (χ1) is 5.24. The summed E-state index contributed by atoms with van der Waals surface area (Å²) in [5, 5.41) is 0.518. The first-order valence-corrected chi connectivity index (χ1v) is 3.49. The molecule has 0 spiro atoms. The molecule has 1 aromatic rings. The van der Waals surface area contributed by atoms with E-state index in [0.717, 1.165) is 0 Å². The van der Waals surface area contributed by atoms with Gasteiger partial charge in [-0.1, -0.05) is 11.6 Å². The second-order valence-electron chi connectivity index (χ2n) is 2.12. The molecule has 0 aliphatic carbocycles. The van der Waals surface area contributed by atoms with Crippen molar-refractivity contribution in [3.8, 4) is 0 Å². The summed E-state index contributed by atoms with van der Waals surface area (Å²) >= 11 is 5.71. The van der Waals surface area contributed by atoms with E-state index in [1.54, 1.807) is 0 Å². The molecule has 0 saturated heterocycles. The third-order valence-electron chi connectivity index (χ3n) is 1.30. The fraction of sp³-hybridized carbons (Fsp3) is 0.143. The largest absolute Gasteiger partial charge is 0.271 e. The van der Waals surface area contributed by atoms with Gasteiger partial charge in [0.05, 0.1) is 0 Å². The SMILES string of the molecule is Cl.Cl.NNCc1cc(F)ccc1Cl. The van der Waals surface area contributed by atoms with Crippen molar-refractivity contribution in [3.63, 3.8) is 0 Å². The number of hydrazine groups is 1. The summed E-state index contributed by atoms with van der Waals surface area (Å²) in [4.78, 5) is 0. The summed E-state index contributed by atoms with van der Waals surface area (Å²) in [6.07, 6.45) is 0. The zero-order valence-corrected chi connectivity index (χ0v) is 8.98. The number of hydrogen-bond acceptors (Lipinski definition) is 2. The van der Waals surface area contributed by atoms with Crippen molar-refractivity contribution in [2.24, 2.45) is 5.84 Å². The Morgan fingerprint density at radius 2 is 2.00 bits per heavy atom. The highest BCUT2D eigenvalue weighted by Crippen LogP contribution is 2.16. The molecule has 0 saturated carbocycles. The van der Waals surface area contributed by atoms with E-state index < -0.39 is 0 Å². The maximum Gasteiger partial charge on any atom is 0.123 e. The third-order valence-corrected chi connectivity index (χ3v) is 1.67. The van der Waals surface area contributed by atoms with Crippen LogP contribution in [0.25, 0.3) is 0 Å². The summed E-state index contributed by atoms with van der Waals surface area (Å²) in [7, 11) is 0. The zero-order valence-electron chi connectivity index (χ0n) is 6.59. The van der Waals surface area contributed by atoms with Crippen molar-refractivity contribution < 1.29 is 4.39 Å². The molecule has 3 N–H and O–H groups in total. The number of nitrogens with one attached hydrogen (secondary N) is 1. The summed E-state index contributed by atoms with van der Waals surface area (Å²) in [6.45, 7) is 0.372. The molecule has 1 rings (SSSR count). The average Bonchev–Trinajstić information content (AvgIpc) is 1.98. The van der Waals surface area contributed by atoms with E-state index in [2.05, 4.69) is 5.43 Å². The van der Waals surface area contributed by atoms with Crippen LogP contribution in [0, 0.1) is 5.82 Å². The first kappa shape index (κ1) is 15.4. The minimum absolute atomic E-state index is 0. The summed E-state index contributed by atoms with van der Waals surface area (Å²) < 4.78 is 12.5. The minimum Gasteiger partial charge on any atom is -0.271 e. The van der Waals surface area contributed by atoms with Crippen molar-refractivity contribution >= 4 is 36.4 Å². The van der Waals surface area contributed by atoms with Crippen molar-refractivity contribution in [3.05, 3.63) is 34.6 Å². The maximum atomic E-state index is 12.5. The molecule has 0 unspecified atom stereocenters. The molecular formula is C7H10Cl3FN2. The number of benzene rings is 1. The van der Waals surface area contributed by atoms with Crippen molar-refractivity contribution in [2.75, 3.05) is 0 Å². The van der Waals surface area contributed by atoms with Gasteiger partial charge in [0.1, 0.15) is 5.82 Å². The minimum atomic E-state index is -0.306. The Kier molecular flexibility index (Phi) is 8.72. The summed E-state index contributed by atoms with van der Waals surface area (Å²) in [5.74, 6) is 4.74. The highest BCUT2D eigenvalue weighted by Gasteiger charge is 1.99. The van der Waals surface area contributed by atoms with Crippen LogP contribution in [0.2, 0.25) is 5.02 Å². The van der Waals surface area contributed by atoms with E-state index in [1.807, 2.05) is 0 Å². The Labute approximate surface area is 93.4 Å².